The fourth-order valence-corrected chi connectivity index (χ4v) is 3.83. The molecule has 0 aliphatic carbocycles. The molecule has 190 valence electrons. The van der Waals surface area contributed by atoms with E-state index >= 15 is 0 Å². The van der Waals surface area contributed by atoms with Gasteiger partial charge in [-0.3, -0.25) is 14.4 Å². The number of nitrogens with zero attached hydrogens (tertiary/aromatic N) is 1. The monoisotopic (exact) mass is 485 g/mol. The van der Waals surface area contributed by atoms with E-state index in [1.807, 2.05) is 52.8 Å². The number of rotatable bonds is 11. The van der Waals surface area contributed by atoms with Gasteiger partial charge in [0.2, 0.25) is 5.75 Å². The third-order valence-corrected chi connectivity index (χ3v) is 6.08. The summed E-state index contributed by atoms with van der Waals surface area (Å²) in [6.07, 6.45) is 0.827. The summed E-state index contributed by atoms with van der Waals surface area (Å²) in [4.78, 5) is 41.9. The van der Waals surface area contributed by atoms with Gasteiger partial charge in [-0.1, -0.05) is 26.8 Å². The molecule has 0 N–H and O–H groups in total. The van der Waals surface area contributed by atoms with Crippen LogP contribution in [-0.4, -0.2) is 43.0 Å². The highest BCUT2D eigenvalue weighted by atomic mass is 16.6. The lowest BCUT2D eigenvalue weighted by atomic mass is 9.89. The van der Waals surface area contributed by atoms with Gasteiger partial charge >= 0.3 is 11.9 Å². The van der Waals surface area contributed by atoms with Crippen molar-refractivity contribution in [3.8, 4) is 17.2 Å². The topological polar surface area (TPSA) is 101 Å². The van der Waals surface area contributed by atoms with Crippen LogP contribution in [0.4, 0.5) is 0 Å². The number of carbonyl (C=O) groups is 3. The number of hydrogen-bond acceptors (Lipinski definition) is 8. The van der Waals surface area contributed by atoms with Crippen molar-refractivity contribution >= 4 is 17.7 Å². The maximum atomic E-state index is 13.2. The molecule has 1 aromatic carbocycles. The molecular formula is C27H35NO7. The molecule has 0 saturated heterocycles. The van der Waals surface area contributed by atoms with Crippen molar-refractivity contribution in [2.24, 2.45) is 11.8 Å². The van der Waals surface area contributed by atoms with E-state index in [9.17, 15) is 14.4 Å². The highest BCUT2D eigenvalue weighted by molar-refractivity contribution is 6.00. The van der Waals surface area contributed by atoms with E-state index in [2.05, 4.69) is 4.98 Å². The second-order valence-electron chi connectivity index (χ2n) is 8.92. The Labute approximate surface area is 206 Å². The molecule has 0 saturated carbocycles. The average Bonchev–Trinajstić information content (AvgIpc) is 2.81. The molecule has 8 nitrogen and oxygen atoms in total. The molecule has 0 spiro atoms. The second kappa shape index (κ2) is 12.3. The van der Waals surface area contributed by atoms with Crippen molar-refractivity contribution < 1.29 is 33.3 Å². The zero-order valence-electron chi connectivity index (χ0n) is 21.7. The van der Waals surface area contributed by atoms with Crippen LogP contribution in [0.1, 0.15) is 68.6 Å². The number of Topliss-reactive ketones (excluding diaryl/α,β-unsaturated/α-hetero) is 1. The van der Waals surface area contributed by atoms with E-state index in [-0.39, 0.29) is 35.4 Å². The summed E-state index contributed by atoms with van der Waals surface area (Å²) in [6, 6.07) is 7.29. The van der Waals surface area contributed by atoms with Crippen molar-refractivity contribution in [3.63, 3.8) is 0 Å². The first-order valence-corrected chi connectivity index (χ1v) is 11.6. The molecule has 0 aliphatic rings. The van der Waals surface area contributed by atoms with E-state index in [0.29, 0.717) is 0 Å². The molecule has 35 heavy (non-hydrogen) atoms. The van der Waals surface area contributed by atoms with Crippen molar-refractivity contribution in [1.29, 1.82) is 0 Å². The first-order chi connectivity index (χ1) is 16.5. The van der Waals surface area contributed by atoms with Gasteiger partial charge in [0.1, 0.15) is 11.9 Å². The van der Waals surface area contributed by atoms with E-state index in [4.69, 9.17) is 18.9 Å². The van der Waals surface area contributed by atoms with Gasteiger partial charge in [-0.15, -0.1) is 0 Å². The van der Waals surface area contributed by atoms with Crippen LogP contribution in [0.25, 0.3) is 0 Å². The summed E-state index contributed by atoms with van der Waals surface area (Å²) >= 11 is 0. The Morgan fingerprint density at radius 1 is 1.00 bits per heavy atom. The maximum Gasteiger partial charge on any atom is 0.309 e. The molecule has 2 rings (SSSR count). The average molecular weight is 486 g/mol. The number of ketones is 1. The molecule has 2 aromatic rings. The fourth-order valence-electron chi connectivity index (χ4n) is 3.83. The van der Waals surface area contributed by atoms with Crippen LogP contribution in [0.5, 0.6) is 17.2 Å². The van der Waals surface area contributed by atoms with E-state index < -0.39 is 29.7 Å². The highest BCUT2D eigenvalue weighted by Gasteiger charge is 2.32. The van der Waals surface area contributed by atoms with Crippen molar-refractivity contribution in [3.05, 3.63) is 47.3 Å². The number of benzene rings is 1. The Morgan fingerprint density at radius 3 is 2.23 bits per heavy atom. The molecule has 0 bridgehead atoms. The second-order valence-corrected chi connectivity index (χ2v) is 8.92. The number of ether oxygens (including phenoxy) is 4. The maximum absolute atomic E-state index is 13.2. The number of aryl methyl sites for hydroxylation is 1. The van der Waals surface area contributed by atoms with Gasteiger partial charge in [0.15, 0.2) is 17.2 Å². The van der Waals surface area contributed by atoms with Gasteiger partial charge in [0.25, 0.3) is 0 Å². The van der Waals surface area contributed by atoms with Crippen molar-refractivity contribution in [1.82, 2.24) is 4.98 Å². The lowest BCUT2D eigenvalue weighted by Crippen LogP contribution is -2.30. The minimum atomic E-state index is -0.702. The van der Waals surface area contributed by atoms with Crippen molar-refractivity contribution in [2.75, 3.05) is 14.2 Å². The number of pyridine rings is 1. The zero-order valence-corrected chi connectivity index (χ0v) is 21.7. The minimum Gasteiger partial charge on any atom is -0.497 e. The molecule has 0 amide bonds. The number of esters is 2. The zero-order chi connectivity index (χ0) is 26.3. The van der Waals surface area contributed by atoms with Crippen LogP contribution in [-0.2, 0) is 14.3 Å². The summed E-state index contributed by atoms with van der Waals surface area (Å²) in [5, 5.41) is 0. The summed E-state index contributed by atoms with van der Waals surface area (Å²) in [6.45, 7) is 10.8. The lowest BCUT2D eigenvalue weighted by Gasteiger charge is -2.26. The summed E-state index contributed by atoms with van der Waals surface area (Å²) < 4.78 is 21.5. The SMILES string of the molecule is COc1ccc([C@H](C)[C@H](C)OC(=O)[C@@H](CC(=O)c2nccc(OC)c2OC(C)=O)C(C)C)c(C)c1. The molecule has 0 fully saturated rings. The predicted octanol–water partition coefficient (Wildman–Crippen LogP) is 4.91. The smallest absolute Gasteiger partial charge is 0.309 e. The predicted molar refractivity (Wildman–Crippen MR) is 131 cm³/mol. The molecule has 8 heteroatoms. The Bertz CT molecular complexity index is 1060. The van der Waals surface area contributed by atoms with Gasteiger partial charge in [-0.25, -0.2) is 4.98 Å². The van der Waals surface area contributed by atoms with Crippen LogP contribution in [0, 0.1) is 18.8 Å². The molecule has 1 heterocycles. The highest BCUT2D eigenvalue weighted by Crippen LogP contribution is 2.33. The molecule has 0 aliphatic heterocycles. The van der Waals surface area contributed by atoms with Gasteiger partial charge in [0, 0.05) is 31.5 Å². The van der Waals surface area contributed by atoms with Gasteiger partial charge < -0.3 is 18.9 Å². The number of carbonyl (C=O) groups excluding carboxylic acids is 3. The summed E-state index contributed by atoms with van der Waals surface area (Å²) in [5.74, 6) is -1.53. The van der Waals surface area contributed by atoms with Crippen LogP contribution in [0.15, 0.2) is 30.5 Å². The van der Waals surface area contributed by atoms with Crippen LogP contribution < -0.4 is 14.2 Å². The van der Waals surface area contributed by atoms with Gasteiger partial charge in [0.05, 0.1) is 20.1 Å². The Morgan fingerprint density at radius 2 is 1.69 bits per heavy atom. The van der Waals surface area contributed by atoms with Crippen LogP contribution >= 0.6 is 0 Å². The number of aromatic nitrogens is 1. The fraction of sp³-hybridized carbons (Fsp3) is 0.481. The molecule has 3 atom stereocenters. The van der Waals surface area contributed by atoms with E-state index in [1.54, 1.807) is 7.11 Å². The lowest BCUT2D eigenvalue weighted by molar-refractivity contribution is -0.155. The van der Waals surface area contributed by atoms with Crippen molar-refractivity contribution in [2.45, 2.75) is 60.0 Å². The first kappa shape index (κ1) is 27.8. The molecule has 0 radical (unpaired) electrons. The quantitative estimate of drug-likeness (QED) is 0.327. The molecule has 1 aromatic heterocycles. The minimum absolute atomic E-state index is 0.0552. The number of methoxy groups -OCH3 is 2. The summed E-state index contributed by atoms with van der Waals surface area (Å²) in [5.41, 5.74) is 2.03. The Kier molecular flexibility index (Phi) is 9.80. The van der Waals surface area contributed by atoms with E-state index in [1.165, 1.54) is 26.3 Å². The molecule has 0 unspecified atom stereocenters. The third-order valence-electron chi connectivity index (χ3n) is 6.08. The third kappa shape index (κ3) is 7.04. The van der Waals surface area contributed by atoms with Crippen LogP contribution in [0.3, 0.4) is 0 Å². The normalized spacial score (nSPS) is 13.5. The van der Waals surface area contributed by atoms with E-state index in [0.717, 1.165) is 16.9 Å². The summed E-state index contributed by atoms with van der Waals surface area (Å²) in [7, 11) is 3.02. The standard InChI is InChI=1S/C27H35NO7/c1-15(2)22(14-23(30)25-26(35-19(6)29)24(33-8)11-12-28-25)27(31)34-18(5)17(4)21-10-9-20(32-7)13-16(21)3/h9-13,15,17-18,22H,14H2,1-8H3/t17-,18+,22+/m1/s1. The molecular weight excluding hydrogens is 450 g/mol. The van der Waals surface area contributed by atoms with Crippen LogP contribution in [0.2, 0.25) is 0 Å². The van der Waals surface area contributed by atoms with Gasteiger partial charge in [-0.05, 0) is 43.0 Å². The Hall–Kier alpha value is -3.42. The number of hydrogen-bond donors (Lipinski definition) is 0. The largest absolute Gasteiger partial charge is 0.497 e. The van der Waals surface area contributed by atoms with Gasteiger partial charge in [-0.2, -0.15) is 0 Å². The first-order valence-electron chi connectivity index (χ1n) is 11.6. The Balaban J connectivity index is 2.20.